The van der Waals surface area contributed by atoms with Crippen molar-refractivity contribution in [3.8, 4) is 16.2 Å². The van der Waals surface area contributed by atoms with Gasteiger partial charge >= 0.3 is 0 Å². The Morgan fingerprint density at radius 3 is 2.44 bits per heavy atom. The highest BCUT2D eigenvalue weighted by Gasteiger charge is 2.10. The molecule has 0 N–H and O–H groups in total. The Morgan fingerprint density at radius 1 is 1.12 bits per heavy atom. The zero-order chi connectivity index (χ0) is 11.7. The van der Waals surface area contributed by atoms with Gasteiger partial charge in [-0.1, -0.05) is 0 Å². The van der Waals surface area contributed by atoms with Crippen molar-refractivity contribution in [1.29, 1.82) is 0 Å². The predicted molar refractivity (Wildman–Crippen MR) is 68.3 cm³/mol. The van der Waals surface area contributed by atoms with Gasteiger partial charge in [-0.15, -0.1) is 11.3 Å². The summed E-state index contributed by atoms with van der Waals surface area (Å²) in [5, 5.41) is 1.10. The standard InChI is InChI=1S/C13H15NOS/c1-8-9(2)12(15-4)6-5-11(8)13-7-14-10(3)16-13/h5-7H,1-4H3. The Kier molecular flexibility index (Phi) is 2.97. The SMILES string of the molecule is COc1ccc(-c2cnc(C)s2)c(C)c1C. The molecule has 84 valence electrons. The van der Waals surface area contributed by atoms with Crippen molar-refractivity contribution in [2.45, 2.75) is 20.8 Å². The minimum Gasteiger partial charge on any atom is -0.496 e. The molecule has 0 bridgehead atoms. The Bertz CT molecular complexity index is 517. The van der Waals surface area contributed by atoms with E-state index in [9.17, 15) is 0 Å². The molecule has 0 amide bonds. The topological polar surface area (TPSA) is 22.1 Å². The summed E-state index contributed by atoms with van der Waals surface area (Å²) in [7, 11) is 1.71. The Hall–Kier alpha value is -1.35. The van der Waals surface area contributed by atoms with Gasteiger partial charge in [0, 0.05) is 6.20 Å². The molecule has 0 spiro atoms. The number of methoxy groups -OCH3 is 1. The summed E-state index contributed by atoms with van der Waals surface area (Å²) in [5.74, 6) is 0.947. The Balaban J connectivity index is 2.55. The number of hydrogen-bond acceptors (Lipinski definition) is 3. The fraction of sp³-hybridized carbons (Fsp3) is 0.308. The number of aryl methyl sites for hydroxylation is 1. The lowest BCUT2D eigenvalue weighted by Gasteiger charge is -2.10. The van der Waals surface area contributed by atoms with E-state index in [-0.39, 0.29) is 0 Å². The maximum atomic E-state index is 5.31. The minimum absolute atomic E-state index is 0.947. The number of ether oxygens (including phenoxy) is 1. The van der Waals surface area contributed by atoms with Crippen LogP contribution in [0.15, 0.2) is 18.3 Å². The molecule has 0 aliphatic heterocycles. The number of thiazole rings is 1. The lowest BCUT2D eigenvalue weighted by molar-refractivity contribution is 0.411. The van der Waals surface area contributed by atoms with Gasteiger partial charge in [0.2, 0.25) is 0 Å². The predicted octanol–water partition coefficient (Wildman–Crippen LogP) is 3.74. The first-order valence-electron chi connectivity index (χ1n) is 5.20. The highest BCUT2D eigenvalue weighted by molar-refractivity contribution is 7.15. The quantitative estimate of drug-likeness (QED) is 0.788. The number of nitrogens with zero attached hydrogens (tertiary/aromatic N) is 1. The smallest absolute Gasteiger partial charge is 0.122 e. The summed E-state index contributed by atoms with van der Waals surface area (Å²) in [5.41, 5.74) is 3.72. The van der Waals surface area contributed by atoms with E-state index < -0.39 is 0 Å². The van der Waals surface area contributed by atoms with E-state index in [2.05, 4.69) is 24.9 Å². The van der Waals surface area contributed by atoms with E-state index in [0.29, 0.717) is 0 Å². The first kappa shape index (κ1) is 11.1. The largest absolute Gasteiger partial charge is 0.496 e. The van der Waals surface area contributed by atoms with Crippen molar-refractivity contribution in [3.63, 3.8) is 0 Å². The summed E-state index contributed by atoms with van der Waals surface area (Å²) < 4.78 is 5.31. The van der Waals surface area contributed by atoms with Gasteiger partial charge in [0.25, 0.3) is 0 Å². The van der Waals surface area contributed by atoms with Gasteiger partial charge < -0.3 is 4.74 Å². The van der Waals surface area contributed by atoms with Gasteiger partial charge in [-0.3, -0.25) is 0 Å². The summed E-state index contributed by atoms with van der Waals surface area (Å²) in [6.45, 7) is 6.24. The summed E-state index contributed by atoms with van der Waals surface area (Å²) in [6, 6.07) is 4.13. The van der Waals surface area contributed by atoms with Crippen LogP contribution >= 0.6 is 11.3 Å². The average molecular weight is 233 g/mol. The normalized spacial score (nSPS) is 10.5. The van der Waals surface area contributed by atoms with Gasteiger partial charge in [-0.25, -0.2) is 4.98 Å². The molecule has 2 nitrogen and oxygen atoms in total. The molecule has 2 rings (SSSR count). The van der Waals surface area contributed by atoms with Crippen LogP contribution in [0.3, 0.4) is 0 Å². The summed E-state index contributed by atoms with van der Waals surface area (Å²) in [6.07, 6.45) is 1.94. The van der Waals surface area contributed by atoms with Crippen LogP contribution in [0.5, 0.6) is 5.75 Å². The number of aromatic nitrogens is 1. The van der Waals surface area contributed by atoms with Crippen LogP contribution in [0.1, 0.15) is 16.1 Å². The molecule has 0 fully saturated rings. The molecular weight excluding hydrogens is 218 g/mol. The van der Waals surface area contributed by atoms with Crippen molar-refractivity contribution >= 4 is 11.3 Å². The molecule has 0 atom stereocenters. The fourth-order valence-corrected chi connectivity index (χ4v) is 2.63. The molecule has 1 aromatic carbocycles. The molecule has 0 aliphatic rings. The van der Waals surface area contributed by atoms with E-state index in [1.165, 1.54) is 21.6 Å². The van der Waals surface area contributed by atoms with Crippen molar-refractivity contribution < 1.29 is 4.74 Å². The van der Waals surface area contributed by atoms with Crippen LogP contribution in [0.2, 0.25) is 0 Å². The molecule has 3 heteroatoms. The lowest BCUT2D eigenvalue weighted by Crippen LogP contribution is -1.91. The molecule has 2 aromatic rings. The molecule has 16 heavy (non-hydrogen) atoms. The molecule has 0 saturated heterocycles. The van der Waals surface area contributed by atoms with Crippen LogP contribution in [-0.4, -0.2) is 12.1 Å². The number of benzene rings is 1. The lowest BCUT2D eigenvalue weighted by atomic mass is 10.0. The van der Waals surface area contributed by atoms with Crippen molar-refractivity contribution in [2.75, 3.05) is 7.11 Å². The third kappa shape index (κ3) is 1.83. The van der Waals surface area contributed by atoms with Gasteiger partial charge in [-0.2, -0.15) is 0 Å². The third-order valence-electron chi connectivity index (χ3n) is 2.84. The van der Waals surface area contributed by atoms with Crippen molar-refractivity contribution in [1.82, 2.24) is 4.98 Å². The molecule has 0 aliphatic carbocycles. The number of rotatable bonds is 2. The van der Waals surface area contributed by atoms with Gasteiger partial charge in [0.15, 0.2) is 0 Å². The molecule has 0 unspecified atom stereocenters. The maximum Gasteiger partial charge on any atom is 0.122 e. The second-order valence-corrected chi connectivity index (χ2v) is 5.04. The van der Waals surface area contributed by atoms with E-state index >= 15 is 0 Å². The Labute approximate surface area is 99.9 Å². The third-order valence-corrected chi connectivity index (χ3v) is 3.79. The first-order chi connectivity index (χ1) is 7.63. The van der Waals surface area contributed by atoms with Crippen LogP contribution in [0, 0.1) is 20.8 Å². The van der Waals surface area contributed by atoms with Crippen LogP contribution in [0.4, 0.5) is 0 Å². The van der Waals surface area contributed by atoms with E-state index in [4.69, 9.17) is 4.74 Å². The summed E-state index contributed by atoms with van der Waals surface area (Å²) in [4.78, 5) is 5.52. The summed E-state index contributed by atoms with van der Waals surface area (Å²) >= 11 is 1.73. The van der Waals surface area contributed by atoms with Crippen molar-refractivity contribution in [3.05, 3.63) is 34.5 Å². The van der Waals surface area contributed by atoms with Gasteiger partial charge in [-0.05, 0) is 49.6 Å². The minimum atomic E-state index is 0.947. The highest BCUT2D eigenvalue weighted by Crippen LogP contribution is 2.33. The first-order valence-corrected chi connectivity index (χ1v) is 6.02. The zero-order valence-corrected chi connectivity index (χ0v) is 10.8. The zero-order valence-electron chi connectivity index (χ0n) is 10.00. The van der Waals surface area contributed by atoms with Crippen LogP contribution in [-0.2, 0) is 0 Å². The molecule has 1 aromatic heterocycles. The highest BCUT2D eigenvalue weighted by atomic mass is 32.1. The maximum absolute atomic E-state index is 5.31. The van der Waals surface area contributed by atoms with E-state index in [1.54, 1.807) is 18.4 Å². The van der Waals surface area contributed by atoms with Crippen molar-refractivity contribution in [2.24, 2.45) is 0 Å². The van der Waals surface area contributed by atoms with Gasteiger partial charge in [0.1, 0.15) is 5.75 Å². The molecular formula is C13H15NOS. The average Bonchev–Trinajstić information content (AvgIpc) is 2.69. The molecule has 0 radical (unpaired) electrons. The van der Waals surface area contributed by atoms with Crippen LogP contribution in [0.25, 0.3) is 10.4 Å². The van der Waals surface area contributed by atoms with Crippen LogP contribution < -0.4 is 4.74 Å². The van der Waals surface area contributed by atoms with E-state index in [1.807, 2.05) is 19.2 Å². The fourth-order valence-electron chi connectivity index (χ4n) is 1.77. The monoisotopic (exact) mass is 233 g/mol. The second-order valence-electron chi connectivity index (χ2n) is 3.81. The number of hydrogen-bond donors (Lipinski definition) is 0. The Morgan fingerprint density at radius 2 is 1.88 bits per heavy atom. The van der Waals surface area contributed by atoms with E-state index in [0.717, 1.165) is 10.8 Å². The molecule has 1 heterocycles. The molecule has 0 saturated carbocycles. The van der Waals surface area contributed by atoms with Gasteiger partial charge in [0.05, 0.1) is 17.0 Å². The second kappa shape index (κ2) is 4.26.